The number of carboxylic acid groups (broad SMARTS) is 1. The molecule has 2 aromatic carbocycles. The summed E-state index contributed by atoms with van der Waals surface area (Å²) in [6.45, 7) is 1.65. The zero-order chi connectivity index (χ0) is 14.1. The van der Waals surface area contributed by atoms with Crippen LogP contribution in [0.4, 0.5) is 5.69 Å². The van der Waals surface area contributed by atoms with E-state index in [1.807, 2.05) is 18.2 Å². The number of nitrogens with zero attached hydrogens (tertiary/aromatic N) is 1. The Kier molecular flexibility index (Phi) is 3.36. The summed E-state index contributed by atoms with van der Waals surface area (Å²) in [6, 6.07) is 15.2. The van der Waals surface area contributed by atoms with Crippen molar-refractivity contribution < 1.29 is 9.90 Å². The lowest BCUT2D eigenvalue weighted by molar-refractivity contribution is 0.0697. The van der Waals surface area contributed by atoms with Crippen LogP contribution in [0.5, 0.6) is 0 Å². The van der Waals surface area contributed by atoms with Crippen molar-refractivity contribution in [3.05, 3.63) is 64.7 Å². The number of hydrogen-bond donors (Lipinski definition) is 1. The zero-order valence-electron chi connectivity index (χ0n) is 10.8. The standard InChI is InChI=1S/C16H14ClNO2/c17-13-6-7-14(16(19)20)15(8-13)18-9-12(10-18)11-4-2-1-3-5-11/h1-8,12H,9-10H2,(H,19,20). The first kappa shape index (κ1) is 13.0. The molecule has 0 radical (unpaired) electrons. The fraction of sp³-hybridized carbons (Fsp3) is 0.188. The van der Waals surface area contributed by atoms with Crippen LogP contribution < -0.4 is 4.90 Å². The van der Waals surface area contributed by atoms with E-state index in [9.17, 15) is 9.90 Å². The van der Waals surface area contributed by atoms with Crippen molar-refractivity contribution in [2.24, 2.45) is 0 Å². The molecule has 0 unspecified atom stereocenters. The molecule has 0 bridgehead atoms. The first-order valence-electron chi connectivity index (χ1n) is 6.48. The van der Waals surface area contributed by atoms with Gasteiger partial charge in [-0.1, -0.05) is 41.9 Å². The third-order valence-corrected chi connectivity index (χ3v) is 3.92. The fourth-order valence-electron chi connectivity index (χ4n) is 2.56. The van der Waals surface area contributed by atoms with Gasteiger partial charge in [0, 0.05) is 24.0 Å². The van der Waals surface area contributed by atoms with Crippen LogP contribution in [0.3, 0.4) is 0 Å². The minimum Gasteiger partial charge on any atom is -0.478 e. The molecule has 1 aliphatic rings. The molecule has 0 amide bonds. The third kappa shape index (κ3) is 2.37. The molecule has 1 fully saturated rings. The smallest absolute Gasteiger partial charge is 0.337 e. The maximum absolute atomic E-state index is 11.3. The molecule has 1 saturated heterocycles. The van der Waals surface area contributed by atoms with Crippen molar-refractivity contribution in [2.75, 3.05) is 18.0 Å². The predicted octanol–water partition coefficient (Wildman–Crippen LogP) is 3.64. The van der Waals surface area contributed by atoms with Gasteiger partial charge in [-0.2, -0.15) is 0 Å². The van der Waals surface area contributed by atoms with E-state index in [0.717, 1.165) is 13.1 Å². The molecular weight excluding hydrogens is 274 g/mol. The maximum Gasteiger partial charge on any atom is 0.337 e. The van der Waals surface area contributed by atoms with E-state index in [1.165, 1.54) is 5.56 Å². The van der Waals surface area contributed by atoms with Gasteiger partial charge in [-0.3, -0.25) is 0 Å². The summed E-state index contributed by atoms with van der Waals surface area (Å²) in [4.78, 5) is 13.3. The van der Waals surface area contributed by atoms with E-state index < -0.39 is 5.97 Å². The molecule has 0 spiro atoms. The minimum absolute atomic E-state index is 0.306. The number of rotatable bonds is 3. The number of hydrogen-bond acceptors (Lipinski definition) is 2. The minimum atomic E-state index is -0.917. The highest BCUT2D eigenvalue weighted by Crippen LogP contribution is 2.34. The summed E-state index contributed by atoms with van der Waals surface area (Å²) in [5, 5.41) is 9.80. The molecule has 0 aromatic heterocycles. The average Bonchev–Trinajstić information content (AvgIpc) is 2.38. The normalized spacial score (nSPS) is 14.9. The van der Waals surface area contributed by atoms with Crippen LogP contribution in [0, 0.1) is 0 Å². The highest BCUT2D eigenvalue weighted by atomic mass is 35.5. The van der Waals surface area contributed by atoms with Gasteiger partial charge in [0.15, 0.2) is 0 Å². The van der Waals surface area contributed by atoms with Gasteiger partial charge < -0.3 is 10.0 Å². The second-order valence-corrected chi connectivity index (χ2v) is 5.42. The molecule has 0 saturated carbocycles. The quantitative estimate of drug-likeness (QED) is 0.937. The third-order valence-electron chi connectivity index (χ3n) is 3.68. The van der Waals surface area contributed by atoms with Gasteiger partial charge in [-0.15, -0.1) is 0 Å². The summed E-state index contributed by atoms with van der Waals surface area (Å²) >= 11 is 5.98. The Morgan fingerprint density at radius 2 is 1.85 bits per heavy atom. The van der Waals surface area contributed by atoms with Crippen molar-refractivity contribution in [1.82, 2.24) is 0 Å². The van der Waals surface area contributed by atoms with E-state index >= 15 is 0 Å². The number of halogens is 1. The Morgan fingerprint density at radius 1 is 1.15 bits per heavy atom. The highest BCUT2D eigenvalue weighted by Gasteiger charge is 2.30. The molecular formula is C16H14ClNO2. The van der Waals surface area contributed by atoms with Gasteiger partial charge in [0.25, 0.3) is 0 Å². The molecule has 4 heteroatoms. The van der Waals surface area contributed by atoms with Gasteiger partial charge >= 0.3 is 5.97 Å². The summed E-state index contributed by atoms with van der Waals surface area (Å²) in [6.07, 6.45) is 0. The van der Waals surface area contributed by atoms with Gasteiger partial charge in [-0.05, 0) is 23.8 Å². The van der Waals surface area contributed by atoms with Gasteiger partial charge in [0.2, 0.25) is 0 Å². The molecule has 0 aliphatic carbocycles. The number of benzene rings is 2. The fourth-order valence-corrected chi connectivity index (χ4v) is 2.72. The Morgan fingerprint density at radius 3 is 2.50 bits per heavy atom. The largest absolute Gasteiger partial charge is 0.478 e. The zero-order valence-corrected chi connectivity index (χ0v) is 11.5. The monoisotopic (exact) mass is 287 g/mol. The van der Waals surface area contributed by atoms with Crippen LogP contribution in [0.2, 0.25) is 5.02 Å². The van der Waals surface area contributed by atoms with E-state index in [0.29, 0.717) is 22.2 Å². The van der Waals surface area contributed by atoms with Crippen molar-refractivity contribution in [3.8, 4) is 0 Å². The topological polar surface area (TPSA) is 40.5 Å². The number of aromatic carboxylic acids is 1. The first-order valence-corrected chi connectivity index (χ1v) is 6.85. The Hall–Kier alpha value is -2.00. The Labute approximate surface area is 122 Å². The van der Waals surface area contributed by atoms with Crippen LogP contribution in [-0.4, -0.2) is 24.2 Å². The molecule has 20 heavy (non-hydrogen) atoms. The van der Waals surface area contributed by atoms with Crippen LogP contribution >= 0.6 is 11.6 Å². The molecule has 3 nitrogen and oxygen atoms in total. The van der Waals surface area contributed by atoms with Crippen molar-refractivity contribution in [3.63, 3.8) is 0 Å². The SMILES string of the molecule is O=C(O)c1ccc(Cl)cc1N1CC(c2ccccc2)C1. The molecule has 1 N–H and O–H groups in total. The van der Waals surface area contributed by atoms with Gasteiger partial charge in [-0.25, -0.2) is 4.79 Å². The average molecular weight is 288 g/mol. The van der Waals surface area contributed by atoms with Gasteiger partial charge in [0.1, 0.15) is 0 Å². The maximum atomic E-state index is 11.3. The number of anilines is 1. The molecule has 1 aliphatic heterocycles. The summed E-state index contributed by atoms with van der Waals surface area (Å²) in [5.41, 5.74) is 2.31. The van der Waals surface area contributed by atoms with E-state index in [4.69, 9.17) is 11.6 Å². The lowest BCUT2D eigenvalue weighted by Crippen LogP contribution is -2.45. The Balaban J connectivity index is 1.80. The van der Waals surface area contributed by atoms with Crippen LogP contribution in [0.15, 0.2) is 48.5 Å². The van der Waals surface area contributed by atoms with Crippen LogP contribution in [0.25, 0.3) is 0 Å². The lowest BCUT2D eigenvalue weighted by atomic mass is 9.90. The highest BCUT2D eigenvalue weighted by molar-refractivity contribution is 6.31. The lowest BCUT2D eigenvalue weighted by Gasteiger charge is -2.42. The van der Waals surface area contributed by atoms with Crippen molar-refractivity contribution in [2.45, 2.75) is 5.92 Å². The van der Waals surface area contributed by atoms with Crippen LogP contribution in [-0.2, 0) is 0 Å². The van der Waals surface area contributed by atoms with Crippen LogP contribution in [0.1, 0.15) is 21.8 Å². The number of carboxylic acids is 1. The summed E-state index contributed by atoms with van der Waals surface area (Å²) < 4.78 is 0. The van der Waals surface area contributed by atoms with E-state index in [1.54, 1.807) is 18.2 Å². The van der Waals surface area contributed by atoms with E-state index in [-0.39, 0.29) is 0 Å². The summed E-state index contributed by atoms with van der Waals surface area (Å²) in [7, 11) is 0. The molecule has 1 heterocycles. The number of carbonyl (C=O) groups is 1. The predicted molar refractivity (Wildman–Crippen MR) is 79.8 cm³/mol. The van der Waals surface area contributed by atoms with Gasteiger partial charge in [0.05, 0.1) is 11.3 Å². The molecule has 102 valence electrons. The summed E-state index contributed by atoms with van der Waals surface area (Å²) in [5.74, 6) is -0.461. The van der Waals surface area contributed by atoms with Crippen molar-refractivity contribution >= 4 is 23.3 Å². The molecule has 3 rings (SSSR count). The first-order chi connectivity index (χ1) is 9.65. The Bertz CT molecular complexity index is 636. The molecule has 0 atom stereocenters. The molecule has 2 aromatic rings. The second-order valence-electron chi connectivity index (χ2n) is 4.98. The second kappa shape index (κ2) is 5.17. The van der Waals surface area contributed by atoms with Crippen molar-refractivity contribution in [1.29, 1.82) is 0 Å². The van der Waals surface area contributed by atoms with E-state index in [2.05, 4.69) is 17.0 Å².